The quantitative estimate of drug-likeness (QED) is 0.727. The molecular weight excluding hydrogens is 276 g/mol. The van der Waals surface area contributed by atoms with Crippen molar-refractivity contribution < 1.29 is 4.79 Å². The molecule has 1 heterocycles. The topological polar surface area (TPSA) is 65.7 Å². The van der Waals surface area contributed by atoms with Gasteiger partial charge in [-0.25, -0.2) is 4.79 Å². The molecule has 0 saturated carbocycles. The first-order valence-corrected chi connectivity index (χ1v) is 6.50. The lowest BCUT2D eigenvalue weighted by molar-refractivity contribution is 0.0993. The highest BCUT2D eigenvalue weighted by molar-refractivity contribution is 6.31. The van der Waals surface area contributed by atoms with Crippen molar-refractivity contribution in [3.63, 3.8) is 0 Å². The Morgan fingerprint density at radius 3 is 2.60 bits per heavy atom. The van der Waals surface area contributed by atoms with Crippen molar-refractivity contribution >= 4 is 28.4 Å². The molecule has 1 aromatic heterocycles. The van der Waals surface area contributed by atoms with Crippen LogP contribution in [0.1, 0.15) is 15.9 Å². The van der Waals surface area contributed by atoms with Gasteiger partial charge >= 0.3 is 5.69 Å². The molecule has 0 aliphatic heterocycles. The number of benzene rings is 2. The summed E-state index contributed by atoms with van der Waals surface area (Å²) in [6.45, 7) is 0. The molecular formula is C15H11ClN2O2. The minimum Gasteiger partial charge on any atom is -0.306 e. The number of hydrogen-bond acceptors (Lipinski definition) is 2. The lowest BCUT2D eigenvalue weighted by atomic mass is 10.0. The number of nitrogens with one attached hydrogen (secondary N) is 2. The van der Waals surface area contributed by atoms with Crippen LogP contribution in [-0.2, 0) is 6.42 Å². The van der Waals surface area contributed by atoms with Gasteiger partial charge in [0.1, 0.15) is 0 Å². The number of aromatic nitrogens is 2. The summed E-state index contributed by atoms with van der Waals surface area (Å²) < 4.78 is 0. The van der Waals surface area contributed by atoms with E-state index in [-0.39, 0.29) is 17.9 Å². The lowest BCUT2D eigenvalue weighted by Crippen LogP contribution is -2.04. The summed E-state index contributed by atoms with van der Waals surface area (Å²) in [5, 5.41) is 0.581. The molecule has 0 aliphatic rings. The Bertz CT molecular complexity index is 848. The minimum atomic E-state index is -0.282. The Kier molecular flexibility index (Phi) is 3.16. The van der Waals surface area contributed by atoms with Gasteiger partial charge in [0.05, 0.1) is 11.0 Å². The second-order valence-corrected chi connectivity index (χ2v) is 4.94. The molecule has 0 saturated heterocycles. The van der Waals surface area contributed by atoms with Gasteiger partial charge in [-0.05, 0) is 29.8 Å². The normalized spacial score (nSPS) is 10.8. The fourth-order valence-corrected chi connectivity index (χ4v) is 2.33. The summed E-state index contributed by atoms with van der Waals surface area (Å²) in [4.78, 5) is 28.7. The predicted molar refractivity (Wildman–Crippen MR) is 78.4 cm³/mol. The summed E-state index contributed by atoms with van der Waals surface area (Å²) in [7, 11) is 0. The Labute approximate surface area is 119 Å². The standard InChI is InChI=1S/C15H11ClN2O2/c16-11-4-2-1-3-9(11)8-14(19)10-5-6-12-13(7-10)18-15(20)17-12/h1-7H,8H2,(H2,17,18,20). The largest absolute Gasteiger partial charge is 0.323 e. The van der Waals surface area contributed by atoms with Crippen LogP contribution in [-0.4, -0.2) is 15.8 Å². The maximum absolute atomic E-state index is 12.3. The van der Waals surface area contributed by atoms with E-state index in [9.17, 15) is 9.59 Å². The molecule has 0 atom stereocenters. The van der Waals surface area contributed by atoms with E-state index in [0.29, 0.717) is 21.6 Å². The predicted octanol–water partition coefficient (Wildman–Crippen LogP) is 2.94. The van der Waals surface area contributed by atoms with E-state index >= 15 is 0 Å². The number of fused-ring (bicyclic) bond motifs is 1. The molecule has 20 heavy (non-hydrogen) atoms. The van der Waals surface area contributed by atoms with Gasteiger partial charge < -0.3 is 9.97 Å². The zero-order valence-corrected chi connectivity index (χ0v) is 11.2. The van der Waals surface area contributed by atoms with Crippen molar-refractivity contribution in [2.75, 3.05) is 0 Å². The third kappa shape index (κ3) is 2.38. The lowest BCUT2D eigenvalue weighted by Gasteiger charge is -2.03. The second kappa shape index (κ2) is 4.98. The number of imidazole rings is 1. The van der Waals surface area contributed by atoms with Gasteiger partial charge in [-0.15, -0.1) is 0 Å². The minimum absolute atomic E-state index is 0.0398. The number of carbonyl (C=O) groups excluding carboxylic acids is 1. The summed E-state index contributed by atoms with van der Waals surface area (Å²) in [5.41, 5.74) is 2.37. The molecule has 0 spiro atoms. The molecule has 0 radical (unpaired) electrons. The highest BCUT2D eigenvalue weighted by Crippen LogP contribution is 2.18. The highest BCUT2D eigenvalue weighted by Gasteiger charge is 2.10. The van der Waals surface area contributed by atoms with E-state index in [1.807, 2.05) is 18.2 Å². The van der Waals surface area contributed by atoms with Crippen LogP contribution >= 0.6 is 11.6 Å². The first-order valence-electron chi connectivity index (χ1n) is 6.12. The van der Waals surface area contributed by atoms with Crippen LogP contribution in [0.3, 0.4) is 0 Å². The average molecular weight is 287 g/mol. The zero-order valence-electron chi connectivity index (χ0n) is 10.4. The first-order chi connectivity index (χ1) is 9.63. The van der Waals surface area contributed by atoms with E-state index in [1.54, 1.807) is 24.3 Å². The monoisotopic (exact) mass is 286 g/mol. The van der Waals surface area contributed by atoms with Gasteiger partial charge in [0.15, 0.2) is 5.78 Å². The molecule has 2 aromatic carbocycles. The number of carbonyl (C=O) groups is 1. The van der Waals surface area contributed by atoms with Gasteiger partial charge in [0.2, 0.25) is 0 Å². The van der Waals surface area contributed by atoms with Crippen molar-refractivity contribution in [2.24, 2.45) is 0 Å². The van der Waals surface area contributed by atoms with Crippen LogP contribution in [0.2, 0.25) is 5.02 Å². The fraction of sp³-hybridized carbons (Fsp3) is 0.0667. The van der Waals surface area contributed by atoms with Crippen LogP contribution in [0, 0.1) is 0 Å². The molecule has 3 rings (SSSR count). The molecule has 100 valence electrons. The van der Waals surface area contributed by atoms with E-state index in [1.165, 1.54) is 0 Å². The Morgan fingerprint density at radius 2 is 1.80 bits per heavy atom. The Morgan fingerprint density at radius 1 is 1.05 bits per heavy atom. The fourth-order valence-electron chi connectivity index (χ4n) is 2.12. The van der Waals surface area contributed by atoms with Crippen LogP contribution in [0.4, 0.5) is 0 Å². The molecule has 5 heteroatoms. The van der Waals surface area contributed by atoms with Crippen molar-refractivity contribution in [3.8, 4) is 0 Å². The van der Waals surface area contributed by atoms with Gasteiger partial charge in [-0.1, -0.05) is 29.8 Å². The number of Topliss-reactive ketones (excluding diaryl/α,β-unsaturated/α-hetero) is 1. The molecule has 0 bridgehead atoms. The number of aromatic amines is 2. The van der Waals surface area contributed by atoms with E-state index in [0.717, 1.165) is 5.56 Å². The number of halogens is 1. The van der Waals surface area contributed by atoms with Crippen molar-refractivity contribution in [1.82, 2.24) is 9.97 Å². The number of ketones is 1. The molecule has 0 fully saturated rings. The maximum Gasteiger partial charge on any atom is 0.323 e. The summed E-state index contributed by atoms with van der Waals surface area (Å²) in [6, 6.07) is 12.4. The number of rotatable bonds is 3. The smallest absolute Gasteiger partial charge is 0.306 e. The molecule has 0 unspecified atom stereocenters. The third-order valence-electron chi connectivity index (χ3n) is 3.15. The summed E-state index contributed by atoms with van der Waals surface area (Å²) >= 11 is 6.05. The Balaban J connectivity index is 1.92. The van der Waals surface area contributed by atoms with Gasteiger partial charge in [-0.3, -0.25) is 4.79 Å². The van der Waals surface area contributed by atoms with Gasteiger partial charge in [0, 0.05) is 17.0 Å². The summed E-state index contributed by atoms with van der Waals surface area (Å²) in [5.74, 6) is -0.0398. The van der Waals surface area contributed by atoms with Crippen molar-refractivity contribution in [2.45, 2.75) is 6.42 Å². The van der Waals surface area contributed by atoms with Crippen molar-refractivity contribution in [1.29, 1.82) is 0 Å². The molecule has 0 amide bonds. The SMILES string of the molecule is O=C(Cc1ccccc1Cl)c1ccc2[nH]c(=O)[nH]c2c1. The zero-order chi connectivity index (χ0) is 14.1. The molecule has 0 aliphatic carbocycles. The highest BCUT2D eigenvalue weighted by atomic mass is 35.5. The Hall–Kier alpha value is -2.33. The van der Waals surface area contributed by atoms with E-state index < -0.39 is 0 Å². The second-order valence-electron chi connectivity index (χ2n) is 4.53. The van der Waals surface area contributed by atoms with Crippen LogP contribution < -0.4 is 5.69 Å². The molecule has 2 N–H and O–H groups in total. The van der Waals surface area contributed by atoms with Gasteiger partial charge in [-0.2, -0.15) is 0 Å². The van der Waals surface area contributed by atoms with Crippen molar-refractivity contribution in [3.05, 3.63) is 69.1 Å². The molecule has 4 nitrogen and oxygen atoms in total. The number of H-pyrrole nitrogens is 2. The van der Waals surface area contributed by atoms with E-state index in [4.69, 9.17) is 11.6 Å². The van der Waals surface area contributed by atoms with Crippen LogP contribution in [0.25, 0.3) is 11.0 Å². The maximum atomic E-state index is 12.3. The number of hydrogen-bond donors (Lipinski definition) is 2. The van der Waals surface area contributed by atoms with Gasteiger partial charge in [0.25, 0.3) is 0 Å². The summed E-state index contributed by atoms with van der Waals surface area (Å²) in [6.07, 6.45) is 0.236. The first kappa shape index (κ1) is 12.7. The molecule has 3 aromatic rings. The van der Waals surface area contributed by atoms with Crippen LogP contribution in [0.5, 0.6) is 0 Å². The third-order valence-corrected chi connectivity index (χ3v) is 3.52. The van der Waals surface area contributed by atoms with Crippen LogP contribution in [0.15, 0.2) is 47.3 Å². The van der Waals surface area contributed by atoms with E-state index in [2.05, 4.69) is 9.97 Å². The average Bonchev–Trinajstić information content (AvgIpc) is 2.80.